The third-order valence-corrected chi connectivity index (χ3v) is 5.37. The summed E-state index contributed by atoms with van der Waals surface area (Å²) in [5.74, 6) is 0.945. The van der Waals surface area contributed by atoms with Crippen molar-refractivity contribution in [1.29, 1.82) is 0 Å². The summed E-state index contributed by atoms with van der Waals surface area (Å²) in [7, 11) is 4.03. The van der Waals surface area contributed by atoms with Gasteiger partial charge < -0.3 is 9.64 Å². The van der Waals surface area contributed by atoms with E-state index in [1.807, 2.05) is 41.2 Å². The van der Waals surface area contributed by atoms with Gasteiger partial charge in [-0.25, -0.2) is 4.68 Å². The minimum atomic E-state index is 0.901. The van der Waals surface area contributed by atoms with Gasteiger partial charge in [0.15, 0.2) is 5.69 Å². The zero-order valence-electron chi connectivity index (χ0n) is 15.4. The molecule has 0 N–H and O–H groups in total. The Hall–Kier alpha value is -2.79. The number of rotatable bonds is 4. The lowest BCUT2D eigenvalue weighted by atomic mass is 10.2. The molecule has 0 spiro atoms. The lowest BCUT2D eigenvalue weighted by molar-refractivity contribution is 0.307. The van der Waals surface area contributed by atoms with Crippen molar-refractivity contribution in [2.45, 2.75) is 0 Å². The summed E-state index contributed by atoms with van der Waals surface area (Å²) in [5.41, 5.74) is 3.53. The van der Waals surface area contributed by atoms with Crippen molar-refractivity contribution in [3.63, 3.8) is 0 Å². The highest BCUT2D eigenvalue weighted by atomic mass is 16.5. The van der Waals surface area contributed by atoms with E-state index in [4.69, 9.17) is 4.74 Å². The summed E-state index contributed by atoms with van der Waals surface area (Å²) in [6.07, 6.45) is 4.17. The highest BCUT2D eigenvalue weighted by molar-refractivity contribution is 5.59. The first-order valence-electron chi connectivity index (χ1n) is 9.03. The molecule has 0 saturated carbocycles. The molecule has 1 saturated heterocycles. The Kier molecular flexibility index (Phi) is 4.39. The lowest BCUT2D eigenvalue weighted by Gasteiger charge is -2.41. The van der Waals surface area contributed by atoms with Gasteiger partial charge in [-0.15, -0.1) is 0 Å². The number of anilines is 1. The molecule has 26 heavy (non-hydrogen) atoms. The molecule has 1 aliphatic rings. The van der Waals surface area contributed by atoms with E-state index < -0.39 is 0 Å². The number of nitrogens with zero attached hydrogens (tertiary/aromatic N) is 4. The second kappa shape index (κ2) is 6.84. The van der Waals surface area contributed by atoms with Gasteiger partial charge in [0.2, 0.25) is 0 Å². The third kappa shape index (κ3) is 3.06. The number of para-hydroxylation sites is 3. The summed E-state index contributed by atoms with van der Waals surface area (Å²) >= 11 is 0. The predicted molar refractivity (Wildman–Crippen MR) is 106 cm³/mol. The van der Waals surface area contributed by atoms with Gasteiger partial charge in [0.25, 0.3) is 0 Å². The van der Waals surface area contributed by atoms with Gasteiger partial charge in [0.1, 0.15) is 25.0 Å². The molecular weight excluding hydrogens is 324 g/mol. The highest BCUT2D eigenvalue weighted by Crippen LogP contribution is 2.31. The summed E-state index contributed by atoms with van der Waals surface area (Å²) in [6, 6.07) is 18.5. The molecule has 3 aromatic rings. The highest BCUT2D eigenvalue weighted by Gasteiger charge is 2.33. The molecule has 1 fully saturated rings. The molecular formula is C21H25N4O+. The van der Waals surface area contributed by atoms with E-state index in [0.29, 0.717) is 0 Å². The molecule has 0 amide bonds. The average Bonchev–Trinajstić information content (AvgIpc) is 3.20. The van der Waals surface area contributed by atoms with Crippen LogP contribution >= 0.6 is 0 Å². The van der Waals surface area contributed by atoms with Crippen molar-refractivity contribution in [2.75, 3.05) is 45.2 Å². The van der Waals surface area contributed by atoms with Crippen molar-refractivity contribution in [3.8, 4) is 11.4 Å². The van der Waals surface area contributed by atoms with E-state index in [1.165, 1.54) is 11.4 Å². The topological polar surface area (TPSA) is 30.3 Å². The van der Waals surface area contributed by atoms with Gasteiger partial charge in [-0.05, 0) is 24.3 Å². The Bertz CT molecular complexity index is 866. The first-order chi connectivity index (χ1) is 12.7. The Balaban J connectivity index is 1.51. The van der Waals surface area contributed by atoms with Crippen LogP contribution in [0.2, 0.25) is 0 Å². The maximum atomic E-state index is 5.53. The average molecular weight is 349 g/mol. The molecule has 0 unspecified atom stereocenters. The fraction of sp³-hybridized carbons (Fsp3) is 0.286. The summed E-state index contributed by atoms with van der Waals surface area (Å²) in [6.45, 7) is 4.07. The summed E-state index contributed by atoms with van der Waals surface area (Å²) < 4.78 is 8.39. The number of benzene rings is 2. The number of quaternary nitrogens is 1. The maximum absolute atomic E-state index is 5.53. The van der Waals surface area contributed by atoms with Crippen LogP contribution in [0.15, 0.2) is 67.0 Å². The van der Waals surface area contributed by atoms with Gasteiger partial charge in [-0.2, -0.15) is 5.10 Å². The van der Waals surface area contributed by atoms with E-state index in [-0.39, 0.29) is 0 Å². The van der Waals surface area contributed by atoms with Crippen LogP contribution in [-0.4, -0.2) is 50.1 Å². The summed E-state index contributed by atoms with van der Waals surface area (Å²) in [5, 5.41) is 4.58. The number of ether oxygens (including phenoxy) is 1. The first-order valence-corrected chi connectivity index (χ1v) is 9.03. The van der Waals surface area contributed by atoms with Gasteiger partial charge in [0.05, 0.1) is 44.8 Å². The Labute approximate surface area is 154 Å². The zero-order chi connectivity index (χ0) is 18.0. The van der Waals surface area contributed by atoms with Gasteiger partial charge in [-0.1, -0.05) is 30.3 Å². The van der Waals surface area contributed by atoms with Crippen LogP contribution in [0.25, 0.3) is 5.69 Å². The molecule has 4 rings (SSSR count). The van der Waals surface area contributed by atoms with Crippen LogP contribution in [0.4, 0.5) is 11.4 Å². The number of likely N-dealkylation sites (N-methyl/N-ethyl adjacent to an activating group) is 1. The quantitative estimate of drug-likeness (QED) is 0.677. The molecule has 0 aliphatic carbocycles. The monoisotopic (exact) mass is 349 g/mol. The van der Waals surface area contributed by atoms with E-state index in [1.54, 1.807) is 7.11 Å². The van der Waals surface area contributed by atoms with Crippen LogP contribution < -0.4 is 14.1 Å². The van der Waals surface area contributed by atoms with Crippen LogP contribution in [0, 0.1) is 0 Å². The van der Waals surface area contributed by atoms with Crippen LogP contribution in [0.1, 0.15) is 0 Å². The normalized spacial score (nSPS) is 16.5. The van der Waals surface area contributed by atoms with Gasteiger partial charge >= 0.3 is 0 Å². The van der Waals surface area contributed by atoms with Crippen LogP contribution in [0.5, 0.6) is 5.75 Å². The minimum absolute atomic E-state index is 0.901. The molecule has 0 atom stereocenters. The molecule has 2 aromatic carbocycles. The van der Waals surface area contributed by atoms with Gasteiger partial charge in [0, 0.05) is 0 Å². The number of aromatic nitrogens is 2. The van der Waals surface area contributed by atoms with Crippen molar-refractivity contribution in [1.82, 2.24) is 14.3 Å². The number of hydrogen-bond acceptors (Lipinski definition) is 3. The van der Waals surface area contributed by atoms with E-state index in [0.717, 1.165) is 42.1 Å². The molecule has 5 nitrogen and oxygen atoms in total. The standard InChI is InChI=1S/C21H25N4O/c1-25(19-16-22-24(17-19)18-8-4-3-5-9-18)14-12-23(13-15-25)20-10-6-7-11-21(20)26-2/h3-11,16-17H,12-15H2,1-2H3/q+1. The molecule has 0 radical (unpaired) electrons. The molecule has 1 aromatic heterocycles. The number of hydrogen-bond donors (Lipinski definition) is 0. The SMILES string of the molecule is COc1ccccc1N1CC[N+](C)(c2cnn(-c3ccccc3)c2)CC1. The van der Waals surface area contributed by atoms with E-state index in [9.17, 15) is 0 Å². The largest absolute Gasteiger partial charge is 0.495 e. The smallest absolute Gasteiger partial charge is 0.171 e. The van der Waals surface area contributed by atoms with Crippen LogP contribution in [-0.2, 0) is 0 Å². The Morgan fingerprint density at radius 1 is 0.962 bits per heavy atom. The van der Waals surface area contributed by atoms with Crippen molar-refractivity contribution < 1.29 is 4.74 Å². The van der Waals surface area contributed by atoms with Crippen molar-refractivity contribution >= 4 is 11.4 Å². The fourth-order valence-corrected chi connectivity index (χ4v) is 3.61. The molecule has 2 heterocycles. The summed E-state index contributed by atoms with van der Waals surface area (Å²) in [4.78, 5) is 2.42. The second-order valence-corrected chi connectivity index (χ2v) is 6.98. The van der Waals surface area contributed by atoms with E-state index >= 15 is 0 Å². The molecule has 1 aliphatic heterocycles. The lowest BCUT2D eigenvalue weighted by Crippen LogP contribution is -2.58. The zero-order valence-corrected chi connectivity index (χ0v) is 15.4. The molecule has 0 bridgehead atoms. The minimum Gasteiger partial charge on any atom is -0.495 e. The number of methoxy groups -OCH3 is 1. The number of piperazine rings is 1. The predicted octanol–water partition coefficient (Wildman–Crippen LogP) is 3.34. The van der Waals surface area contributed by atoms with Crippen molar-refractivity contribution in [3.05, 3.63) is 67.0 Å². The fourth-order valence-electron chi connectivity index (χ4n) is 3.61. The maximum Gasteiger partial charge on any atom is 0.171 e. The van der Waals surface area contributed by atoms with Crippen LogP contribution in [0.3, 0.4) is 0 Å². The Morgan fingerprint density at radius 2 is 1.65 bits per heavy atom. The van der Waals surface area contributed by atoms with E-state index in [2.05, 4.69) is 47.5 Å². The molecule has 5 heteroatoms. The first kappa shape index (κ1) is 16.7. The van der Waals surface area contributed by atoms with Gasteiger partial charge in [-0.3, -0.25) is 4.48 Å². The second-order valence-electron chi connectivity index (χ2n) is 6.98. The molecule has 134 valence electrons. The third-order valence-electron chi connectivity index (χ3n) is 5.37. The van der Waals surface area contributed by atoms with Crippen molar-refractivity contribution in [2.24, 2.45) is 0 Å². The Morgan fingerprint density at radius 3 is 2.38 bits per heavy atom.